The van der Waals surface area contributed by atoms with Gasteiger partial charge in [-0.25, -0.2) is 17.9 Å². The van der Waals surface area contributed by atoms with Gasteiger partial charge >= 0.3 is 6.03 Å². The highest BCUT2D eigenvalue weighted by Gasteiger charge is 2.21. The predicted molar refractivity (Wildman–Crippen MR) is 124 cm³/mol. The molecule has 0 unspecified atom stereocenters. The van der Waals surface area contributed by atoms with Gasteiger partial charge in [0.25, 0.3) is 10.0 Å². The van der Waals surface area contributed by atoms with Gasteiger partial charge in [-0.1, -0.05) is 48.5 Å². The fourth-order valence-corrected chi connectivity index (χ4v) is 3.61. The van der Waals surface area contributed by atoms with E-state index >= 15 is 0 Å². The molecule has 0 bridgehead atoms. The van der Waals surface area contributed by atoms with E-state index < -0.39 is 16.1 Å². The summed E-state index contributed by atoms with van der Waals surface area (Å²) in [4.78, 5) is 14.2. The predicted octanol–water partition coefficient (Wildman–Crippen LogP) is 5.32. The molecule has 0 fully saturated rings. The van der Waals surface area contributed by atoms with Crippen LogP contribution in [-0.4, -0.2) is 20.6 Å². The maximum absolute atomic E-state index is 12.9. The van der Waals surface area contributed by atoms with Crippen LogP contribution in [-0.2, 0) is 10.0 Å². The Hall–Kier alpha value is -3.58. The lowest BCUT2D eigenvalue weighted by atomic mass is 10.2. The van der Waals surface area contributed by atoms with Crippen LogP contribution >= 0.6 is 0 Å². The first-order chi connectivity index (χ1) is 14.8. The van der Waals surface area contributed by atoms with E-state index in [1.807, 2.05) is 26.0 Å². The lowest BCUT2D eigenvalue weighted by Crippen LogP contribution is -2.39. The van der Waals surface area contributed by atoms with Crippen LogP contribution in [0, 0.1) is 0 Å². The number of hydrogen-bond donors (Lipinski definition) is 1. The van der Waals surface area contributed by atoms with Gasteiger partial charge in [0.05, 0.1) is 22.9 Å². The second kappa shape index (κ2) is 9.95. The molecule has 31 heavy (non-hydrogen) atoms. The molecule has 0 atom stereocenters. The van der Waals surface area contributed by atoms with Gasteiger partial charge in [-0.2, -0.15) is 0 Å². The smallest absolute Gasteiger partial charge is 0.340 e. The summed E-state index contributed by atoms with van der Waals surface area (Å²) in [6.07, 6.45) is 1.42. The summed E-state index contributed by atoms with van der Waals surface area (Å²) < 4.78 is 32.9. The molecule has 0 aliphatic carbocycles. The molecule has 0 heterocycles. The molecule has 6 nitrogen and oxygen atoms in total. The number of nitrogens with one attached hydrogen (secondary N) is 1. The molecule has 0 aromatic heterocycles. The minimum Gasteiger partial charge on any atom is -0.491 e. The van der Waals surface area contributed by atoms with Crippen molar-refractivity contribution in [3.05, 3.63) is 95.9 Å². The fraction of sp³-hybridized carbons (Fsp3) is 0.125. The third kappa shape index (κ3) is 6.45. The van der Waals surface area contributed by atoms with Crippen molar-refractivity contribution in [2.45, 2.75) is 20.0 Å². The number of carbonyl (C=O) groups excluding carboxylic acids is 1. The van der Waals surface area contributed by atoms with Crippen molar-refractivity contribution in [2.75, 3.05) is 4.90 Å². The maximum Gasteiger partial charge on any atom is 0.340 e. The number of sulfonamides is 1. The monoisotopic (exact) mass is 436 g/mol. The Bertz CT molecular complexity index is 1100. The molecular formula is C24H24N2O4S. The van der Waals surface area contributed by atoms with Crippen LogP contribution in [0.5, 0.6) is 5.75 Å². The zero-order chi connectivity index (χ0) is 22.3. The Morgan fingerprint density at radius 2 is 1.48 bits per heavy atom. The van der Waals surface area contributed by atoms with Crippen molar-refractivity contribution in [1.29, 1.82) is 0 Å². The van der Waals surface area contributed by atoms with Gasteiger partial charge in [-0.15, -0.1) is 0 Å². The second-order valence-corrected chi connectivity index (χ2v) is 8.57. The number of carbonyl (C=O) groups is 1. The van der Waals surface area contributed by atoms with E-state index in [-0.39, 0.29) is 6.10 Å². The van der Waals surface area contributed by atoms with Crippen molar-refractivity contribution in [2.24, 2.45) is 0 Å². The summed E-state index contributed by atoms with van der Waals surface area (Å²) in [5.41, 5.74) is 1.73. The molecule has 0 aliphatic heterocycles. The minimum absolute atomic E-state index is 0.00389. The van der Waals surface area contributed by atoms with Crippen molar-refractivity contribution >= 4 is 33.5 Å². The van der Waals surface area contributed by atoms with Gasteiger partial charge in [0.15, 0.2) is 0 Å². The van der Waals surface area contributed by atoms with Crippen LogP contribution in [0.25, 0.3) is 6.08 Å². The Kier molecular flexibility index (Phi) is 7.10. The summed E-state index contributed by atoms with van der Waals surface area (Å²) in [5, 5.41) is 0.966. The first-order valence-corrected chi connectivity index (χ1v) is 11.3. The zero-order valence-electron chi connectivity index (χ0n) is 17.3. The molecule has 7 heteroatoms. The number of amides is 2. The number of nitrogens with zero attached hydrogens (tertiary/aromatic N) is 1. The number of ether oxygens (including phenoxy) is 1. The maximum atomic E-state index is 12.9. The summed E-state index contributed by atoms with van der Waals surface area (Å²) in [6.45, 7) is 3.82. The van der Waals surface area contributed by atoms with Crippen molar-refractivity contribution in [3.63, 3.8) is 0 Å². The molecule has 3 aromatic rings. The molecule has 0 aliphatic rings. The zero-order valence-corrected chi connectivity index (χ0v) is 18.1. The second-order valence-electron chi connectivity index (χ2n) is 7.00. The van der Waals surface area contributed by atoms with Crippen molar-refractivity contribution < 1.29 is 17.9 Å². The van der Waals surface area contributed by atoms with Crippen LogP contribution < -0.4 is 14.4 Å². The van der Waals surface area contributed by atoms with Crippen LogP contribution in [0.4, 0.5) is 16.2 Å². The van der Waals surface area contributed by atoms with Crippen LogP contribution in [0.3, 0.4) is 0 Å². The summed E-state index contributed by atoms with van der Waals surface area (Å²) in [6, 6.07) is 23.9. The van der Waals surface area contributed by atoms with Gasteiger partial charge < -0.3 is 4.74 Å². The number of rotatable bonds is 7. The Labute approximate surface area is 182 Å². The first-order valence-electron chi connectivity index (χ1n) is 9.76. The van der Waals surface area contributed by atoms with E-state index in [0.29, 0.717) is 22.7 Å². The van der Waals surface area contributed by atoms with E-state index in [4.69, 9.17) is 4.74 Å². The average Bonchev–Trinajstić information content (AvgIpc) is 2.74. The van der Waals surface area contributed by atoms with Crippen LogP contribution in [0.15, 0.2) is 90.3 Å². The fourth-order valence-electron chi connectivity index (χ4n) is 2.87. The topological polar surface area (TPSA) is 75.7 Å². The number of benzene rings is 3. The summed E-state index contributed by atoms with van der Waals surface area (Å²) in [7, 11) is -4.04. The highest BCUT2D eigenvalue weighted by Crippen LogP contribution is 2.25. The number of urea groups is 1. The van der Waals surface area contributed by atoms with Crippen LogP contribution in [0.1, 0.15) is 19.4 Å². The van der Waals surface area contributed by atoms with Gasteiger partial charge in [0.2, 0.25) is 0 Å². The molecule has 2 amide bonds. The average molecular weight is 437 g/mol. The standard InChI is InChI=1S/C24H24N2O4S/c1-19(2)30-23-15-9-10-20(18-23)16-17-31(28,29)25-24(27)26(21-11-5-3-6-12-21)22-13-7-4-8-14-22/h3-19H,1-2H3,(H,25,27)/b17-16+. The highest BCUT2D eigenvalue weighted by molar-refractivity contribution is 7.93. The molecule has 0 spiro atoms. The number of para-hydroxylation sites is 2. The van der Waals surface area contributed by atoms with Gasteiger partial charge in [0, 0.05) is 0 Å². The first kappa shape index (κ1) is 22.1. The van der Waals surface area contributed by atoms with Gasteiger partial charge in [-0.3, -0.25) is 4.90 Å². The normalized spacial score (nSPS) is 11.5. The SMILES string of the molecule is CC(C)Oc1cccc(/C=C/S(=O)(=O)NC(=O)N(c2ccccc2)c2ccccc2)c1. The molecule has 0 saturated heterocycles. The molecule has 0 radical (unpaired) electrons. The van der Waals surface area contributed by atoms with Crippen molar-refractivity contribution in [3.8, 4) is 5.75 Å². The highest BCUT2D eigenvalue weighted by atomic mass is 32.2. The van der Waals surface area contributed by atoms with Crippen molar-refractivity contribution in [1.82, 2.24) is 4.72 Å². The molecule has 160 valence electrons. The summed E-state index contributed by atoms with van der Waals surface area (Å²) >= 11 is 0. The molecule has 3 rings (SSSR count). The molecule has 3 aromatic carbocycles. The molecule has 0 saturated carbocycles. The Morgan fingerprint density at radius 1 is 0.903 bits per heavy atom. The Morgan fingerprint density at radius 3 is 2.03 bits per heavy atom. The lowest BCUT2D eigenvalue weighted by molar-refractivity contribution is 0.242. The number of anilines is 2. The largest absolute Gasteiger partial charge is 0.491 e. The minimum atomic E-state index is -4.04. The van der Waals surface area contributed by atoms with Gasteiger partial charge in [0.1, 0.15) is 5.75 Å². The van der Waals surface area contributed by atoms with E-state index in [1.165, 1.54) is 11.0 Å². The van der Waals surface area contributed by atoms with E-state index in [0.717, 1.165) is 5.41 Å². The third-order valence-corrected chi connectivity index (χ3v) is 5.08. The number of hydrogen-bond acceptors (Lipinski definition) is 4. The van der Waals surface area contributed by atoms with Gasteiger partial charge in [-0.05, 0) is 61.9 Å². The summed E-state index contributed by atoms with van der Waals surface area (Å²) in [5.74, 6) is 0.637. The van der Waals surface area contributed by atoms with E-state index in [2.05, 4.69) is 4.72 Å². The van der Waals surface area contributed by atoms with Crippen LogP contribution in [0.2, 0.25) is 0 Å². The molecular weight excluding hydrogens is 412 g/mol. The lowest BCUT2D eigenvalue weighted by Gasteiger charge is -2.22. The quantitative estimate of drug-likeness (QED) is 0.544. The van der Waals surface area contributed by atoms with E-state index in [1.54, 1.807) is 72.8 Å². The molecule has 1 N–H and O–H groups in total. The van der Waals surface area contributed by atoms with E-state index in [9.17, 15) is 13.2 Å². The Balaban J connectivity index is 1.80. The third-order valence-electron chi connectivity index (χ3n) is 4.13.